The van der Waals surface area contributed by atoms with E-state index in [0.29, 0.717) is 19.4 Å². The molecule has 1 aliphatic rings. The first-order valence-electron chi connectivity index (χ1n) is 8.17. The number of hydrogen-bond acceptors (Lipinski definition) is 3. The summed E-state index contributed by atoms with van der Waals surface area (Å²) >= 11 is 0. The lowest BCUT2D eigenvalue weighted by molar-refractivity contribution is -0.142. The third-order valence-corrected chi connectivity index (χ3v) is 3.91. The molecule has 126 valence electrons. The van der Waals surface area contributed by atoms with Crippen LogP contribution in [0.4, 0.5) is 0 Å². The van der Waals surface area contributed by atoms with Crippen molar-refractivity contribution >= 4 is 17.8 Å². The molecule has 0 aromatic heterocycles. The number of nitrogens with zero attached hydrogens (tertiary/aromatic N) is 1. The summed E-state index contributed by atoms with van der Waals surface area (Å²) in [7, 11) is 0. The molecule has 0 saturated carbocycles. The average molecular weight is 312 g/mol. The van der Waals surface area contributed by atoms with Crippen LogP contribution in [0.15, 0.2) is 0 Å². The SMILES string of the molecule is CC(C)CC(CNC(=O)CN1CCCCCCC1=O)C(=O)O. The molecule has 22 heavy (non-hydrogen) atoms. The predicted octanol–water partition coefficient (Wildman–Crippen LogP) is 1.64. The van der Waals surface area contributed by atoms with Crippen molar-refractivity contribution in [3.63, 3.8) is 0 Å². The van der Waals surface area contributed by atoms with Gasteiger partial charge in [-0.15, -0.1) is 0 Å². The zero-order chi connectivity index (χ0) is 16.5. The number of carbonyl (C=O) groups is 3. The van der Waals surface area contributed by atoms with Crippen LogP contribution in [0.25, 0.3) is 0 Å². The number of likely N-dealkylation sites (tertiary alicyclic amines) is 1. The van der Waals surface area contributed by atoms with Gasteiger partial charge in [-0.3, -0.25) is 14.4 Å². The first kappa shape index (κ1) is 18.5. The lowest BCUT2D eigenvalue weighted by atomic mass is 9.97. The van der Waals surface area contributed by atoms with Crippen molar-refractivity contribution in [2.75, 3.05) is 19.6 Å². The maximum absolute atomic E-state index is 12.0. The highest BCUT2D eigenvalue weighted by Crippen LogP contribution is 2.12. The van der Waals surface area contributed by atoms with Crippen molar-refractivity contribution < 1.29 is 19.5 Å². The lowest BCUT2D eigenvalue weighted by Crippen LogP contribution is -2.43. The van der Waals surface area contributed by atoms with E-state index in [4.69, 9.17) is 5.11 Å². The second kappa shape index (κ2) is 9.43. The van der Waals surface area contributed by atoms with Gasteiger partial charge < -0.3 is 15.3 Å². The summed E-state index contributed by atoms with van der Waals surface area (Å²) in [4.78, 5) is 36.7. The van der Waals surface area contributed by atoms with E-state index in [1.165, 1.54) is 0 Å². The number of carboxylic acid groups (broad SMARTS) is 1. The van der Waals surface area contributed by atoms with Gasteiger partial charge in [-0.1, -0.05) is 26.7 Å². The summed E-state index contributed by atoms with van der Waals surface area (Å²) in [6, 6.07) is 0. The van der Waals surface area contributed by atoms with Crippen molar-refractivity contribution in [2.24, 2.45) is 11.8 Å². The Bertz CT molecular complexity index is 396. The van der Waals surface area contributed by atoms with Crippen LogP contribution in [0.1, 0.15) is 52.4 Å². The molecule has 1 aliphatic heterocycles. The van der Waals surface area contributed by atoms with Gasteiger partial charge in [0.1, 0.15) is 0 Å². The van der Waals surface area contributed by atoms with E-state index in [-0.39, 0.29) is 30.8 Å². The molecule has 1 saturated heterocycles. The van der Waals surface area contributed by atoms with Crippen LogP contribution in [0.5, 0.6) is 0 Å². The highest BCUT2D eigenvalue weighted by atomic mass is 16.4. The van der Waals surface area contributed by atoms with Gasteiger partial charge in [0.25, 0.3) is 0 Å². The fourth-order valence-corrected chi connectivity index (χ4v) is 2.69. The van der Waals surface area contributed by atoms with Gasteiger partial charge in [0, 0.05) is 19.5 Å². The third-order valence-electron chi connectivity index (χ3n) is 3.91. The smallest absolute Gasteiger partial charge is 0.308 e. The fraction of sp³-hybridized carbons (Fsp3) is 0.812. The van der Waals surface area contributed by atoms with E-state index in [9.17, 15) is 14.4 Å². The van der Waals surface area contributed by atoms with Crippen LogP contribution in [0, 0.1) is 11.8 Å². The Morgan fingerprint density at radius 1 is 1.23 bits per heavy atom. The molecular weight excluding hydrogens is 284 g/mol. The number of amides is 2. The van der Waals surface area contributed by atoms with Crippen molar-refractivity contribution in [3.8, 4) is 0 Å². The molecule has 6 nitrogen and oxygen atoms in total. The number of carboxylic acids is 1. The minimum absolute atomic E-state index is 0.0202. The Morgan fingerprint density at radius 3 is 2.55 bits per heavy atom. The molecule has 0 radical (unpaired) electrons. The van der Waals surface area contributed by atoms with Crippen LogP contribution in [0.2, 0.25) is 0 Å². The van der Waals surface area contributed by atoms with Crippen molar-refractivity contribution in [3.05, 3.63) is 0 Å². The molecule has 1 atom stereocenters. The quantitative estimate of drug-likeness (QED) is 0.748. The Balaban J connectivity index is 2.43. The van der Waals surface area contributed by atoms with E-state index < -0.39 is 11.9 Å². The summed E-state index contributed by atoms with van der Waals surface area (Å²) in [5.74, 6) is -1.46. The predicted molar refractivity (Wildman–Crippen MR) is 83.3 cm³/mol. The summed E-state index contributed by atoms with van der Waals surface area (Å²) in [6.45, 7) is 4.68. The molecular formula is C16H28N2O4. The molecule has 0 spiro atoms. The van der Waals surface area contributed by atoms with Crippen molar-refractivity contribution in [2.45, 2.75) is 52.4 Å². The first-order chi connectivity index (χ1) is 10.4. The topological polar surface area (TPSA) is 86.7 Å². The van der Waals surface area contributed by atoms with Crippen LogP contribution in [0.3, 0.4) is 0 Å². The Morgan fingerprint density at radius 2 is 1.91 bits per heavy atom. The maximum atomic E-state index is 12.0. The largest absolute Gasteiger partial charge is 0.481 e. The summed E-state index contributed by atoms with van der Waals surface area (Å²) in [5, 5.41) is 11.8. The van der Waals surface area contributed by atoms with Gasteiger partial charge in [0.2, 0.25) is 11.8 Å². The Hall–Kier alpha value is -1.59. The van der Waals surface area contributed by atoms with Crippen molar-refractivity contribution in [1.82, 2.24) is 10.2 Å². The number of nitrogens with one attached hydrogen (secondary N) is 1. The van der Waals surface area contributed by atoms with Gasteiger partial charge in [-0.05, 0) is 25.2 Å². The molecule has 0 aliphatic carbocycles. The van der Waals surface area contributed by atoms with Gasteiger partial charge in [0.05, 0.1) is 12.5 Å². The highest BCUT2D eigenvalue weighted by molar-refractivity contribution is 5.85. The van der Waals surface area contributed by atoms with E-state index in [1.807, 2.05) is 13.8 Å². The zero-order valence-electron chi connectivity index (χ0n) is 13.6. The molecule has 0 aromatic rings. The monoisotopic (exact) mass is 312 g/mol. The van der Waals surface area contributed by atoms with Gasteiger partial charge in [-0.25, -0.2) is 0 Å². The minimum Gasteiger partial charge on any atom is -0.481 e. The van der Waals surface area contributed by atoms with Gasteiger partial charge in [0.15, 0.2) is 0 Å². The zero-order valence-corrected chi connectivity index (χ0v) is 13.6. The highest BCUT2D eigenvalue weighted by Gasteiger charge is 2.22. The normalized spacial score (nSPS) is 17.8. The molecule has 0 bridgehead atoms. The molecule has 1 rings (SSSR count). The van der Waals surface area contributed by atoms with E-state index in [0.717, 1.165) is 25.7 Å². The molecule has 0 aromatic carbocycles. The van der Waals surface area contributed by atoms with Crippen molar-refractivity contribution in [1.29, 1.82) is 0 Å². The summed E-state index contributed by atoms with van der Waals surface area (Å²) in [5.41, 5.74) is 0. The standard InChI is InChI=1S/C16H28N2O4/c1-12(2)9-13(16(21)22)10-17-14(19)11-18-8-6-4-3-5-7-15(18)20/h12-13H,3-11H2,1-2H3,(H,17,19)(H,21,22). The Labute approximate surface area is 132 Å². The lowest BCUT2D eigenvalue weighted by Gasteiger charge is -2.24. The molecule has 2 amide bonds. The molecule has 1 unspecified atom stereocenters. The number of hydrogen-bond donors (Lipinski definition) is 2. The van der Waals surface area contributed by atoms with Crippen LogP contribution in [-0.2, 0) is 14.4 Å². The second-order valence-corrected chi connectivity index (χ2v) is 6.45. The molecule has 1 heterocycles. The van der Waals surface area contributed by atoms with E-state index in [2.05, 4.69) is 5.32 Å². The molecule has 6 heteroatoms. The van der Waals surface area contributed by atoms with Crippen LogP contribution >= 0.6 is 0 Å². The van der Waals surface area contributed by atoms with E-state index >= 15 is 0 Å². The Kier molecular flexibility index (Phi) is 7.91. The summed E-state index contributed by atoms with van der Waals surface area (Å²) < 4.78 is 0. The molecule has 1 fully saturated rings. The van der Waals surface area contributed by atoms with Crippen LogP contribution in [-0.4, -0.2) is 47.4 Å². The minimum atomic E-state index is -0.892. The number of carbonyl (C=O) groups excluding carboxylic acids is 2. The second-order valence-electron chi connectivity index (χ2n) is 6.45. The number of aliphatic carboxylic acids is 1. The average Bonchev–Trinajstić information content (AvgIpc) is 2.42. The third kappa shape index (κ3) is 6.91. The number of rotatable bonds is 7. The maximum Gasteiger partial charge on any atom is 0.308 e. The van der Waals surface area contributed by atoms with Crippen LogP contribution < -0.4 is 5.32 Å². The van der Waals surface area contributed by atoms with E-state index in [1.54, 1.807) is 4.90 Å². The molecule has 2 N–H and O–H groups in total. The fourth-order valence-electron chi connectivity index (χ4n) is 2.69. The van der Waals surface area contributed by atoms with Gasteiger partial charge >= 0.3 is 5.97 Å². The first-order valence-corrected chi connectivity index (χ1v) is 8.17. The van der Waals surface area contributed by atoms with Gasteiger partial charge in [-0.2, -0.15) is 0 Å². The summed E-state index contributed by atoms with van der Waals surface area (Å²) in [6.07, 6.45) is 4.98.